The Morgan fingerprint density at radius 3 is 2.61 bits per heavy atom. The van der Waals surface area contributed by atoms with Crippen molar-refractivity contribution in [1.82, 2.24) is 4.98 Å². The fourth-order valence-corrected chi connectivity index (χ4v) is 1.71. The first-order chi connectivity index (χ1) is 8.56. The first-order valence-electron chi connectivity index (χ1n) is 4.88. The van der Waals surface area contributed by atoms with Crippen molar-refractivity contribution in [2.75, 3.05) is 0 Å². The van der Waals surface area contributed by atoms with Crippen LogP contribution in [0.15, 0.2) is 41.0 Å². The molecule has 0 atom stereocenters. The maximum atomic E-state index is 10.9. The first kappa shape index (κ1) is 12.9. The van der Waals surface area contributed by atoms with Gasteiger partial charge in [-0.3, -0.25) is 0 Å². The molecule has 92 valence electrons. The molecule has 0 saturated carbocycles. The van der Waals surface area contributed by atoms with Crippen molar-refractivity contribution in [2.45, 2.75) is 0 Å². The third-order valence-corrected chi connectivity index (χ3v) is 2.93. The van der Waals surface area contributed by atoms with E-state index in [9.17, 15) is 4.79 Å². The van der Waals surface area contributed by atoms with Crippen molar-refractivity contribution in [1.29, 1.82) is 0 Å². The van der Waals surface area contributed by atoms with Crippen LogP contribution in [-0.4, -0.2) is 16.1 Å². The second-order valence-electron chi connectivity index (χ2n) is 3.36. The number of halogens is 2. The lowest BCUT2D eigenvalue weighted by atomic mass is 10.3. The molecule has 4 nitrogen and oxygen atoms in total. The van der Waals surface area contributed by atoms with Gasteiger partial charge in [0, 0.05) is 10.5 Å². The fraction of sp³-hybridized carbons (Fsp3) is 0. The molecule has 1 aromatic carbocycles. The predicted octanol–water partition coefficient (Wildman–Crippen LogP) is 3.99. The smallest absolute Gasteiger partial charge is 0.337 e. The number of ether oxygens (including phenoxy) is 1. The van der Waals surface area contributed by atoms with Gasteiger partial charge >= 0.3 is 5.97 Å². The normalized spacial score (nSPS) is 10.1. The molecule has 0 spiro atoms. The van der Waals surface area contributed by atoms with Crippen molar-refractivity contribution < 1.29 is 14.6 Å². The van der Waals surface area contributed by atoms with Crippen LogP contribution in [0.1, 0.15) is 10.4 Å². The topological polar surface area (TPSA) is 59.4 Å². The molecule has 0 unspecified atom stereocenters. The highest BCUT2D eigenvalue weighted by molar-refractivity contribution is 9.10. The SMILES string of the molecule is O=C(O)c1cc(Oc2ccc(Br)cc2)ncc1Cl. The number of carbonyl (C=O) groups is 1. The van der Waals surface area contributed by atoms with Gasteiger partial charge in [0.25, 0.3) is 0 Å². The Labute approximate surface area is 116 Å². The fourth-order valence-electron chi connectivity index (χ4n) is 1.26. The molecule has 18 heavy (non-hydrogen) atoms. The van der Waals surface area contributed by atoms with Gasteiger partial charge in [-0.1, -0.05) is 27.5 Å². The van der Waals surface area contributed by atoms with Crippen LogP contribution in [0, 0.1) is 0 Å². The zero-order valence-corrected chi connectivity index (χ0v) is 11.3. The van der Waals surface area contributed by atoms with Crippen molar-refractivity contribution in [3.05, 3.63) is 51.6 Å². The van der Waals surface area contributed by atoms with E-state index in [1.54, 1.807) is 12.1 Å². The maximum absolute atomic E-state index is 10.9. The van der Waals surface area contributed by atoms with Gasteiger partial charge in [-0.25, -0.2) is 9.78 Å². The summed E-state index contributed by atoms with van der Waals surface area (Å²) in [5.41, 5.74) is -0.0428. The number of aromatic carboxylic acids is 1. The minimum absolute atomic E-state index is 0.0428. The molecule has 0 fully saturated rings. The van der Waals surface area contributed by atoms with Gasteiger partial charge in [0.2, 0.25) is 5.88 Å². The van der Waals surface area contributed by atoms with E-state index >= 15 is 0 Å². The number of carboxylic acids is 1. The third-order valence-electron chi connectivity index (χ3n) is 2.10. The Hall–Kier alpha value is -1.59. The van der Waals surface area contributed by atoms with Gasteiger partial charge < -0.3 is 9.84 Å². The van der Waals surface area contributed by atoms with Crippen LogP contribution in [0.5, 0.6) is 11.6 Å². The maximum Gasteiger partial charge on any atom is 0.337 e. The Morgan fingerprint density at radius 1 is 1.33 bits per heavy atom. The number of nitrogens with zero attached hydrogens (tertiary/aromatic N) is 1. The Kier molecular flexibility index (Phi) is 3.84. The van der Waals surface area contributed by atoms with E-state index in [2.05, 4.69) is 20.9 Å². The molecular weight excluding hydrogens is 321 g/mol. The molecule has 1 aromatic heterocycles. The van der Waals surface area contributed by atoms with Crippen LogP contribution < -0.4 is 4.74 Å². The standard InChI is InChI=1S/C12H7BrClNO3/c13-7-1-3-8(4-2-7)18-11-5-9(12(16)17)10(14)6-15-11/h1-6H,(H,16,17). The molecular formula is C12H7BrClNO3. The Morgan fingerprint density at radius 2 is 2.00 bits per heavy atom. The van der Waals surface area contributed by atoms with E-state index in [1.807, 2.05) is 12.1 Å². The van der Waals surface area contributed by atoms with Gasteiger partial charge in [0.05, 0.1) is 16.8 Å². The highest BCUT2D eigenvalue weighted by Crippen LogP contribution is 2.25. The van der Waals surface area contributed by atoms with Crippen LogP contribution in [-0.2, 0) is 0 Å². The lowest BCUT2D eigenvalue weighted by molar-refractivity contribution is 0.0696. The molecule has 0 aliphatic heterocycles. The van der Waals surface area contributed by atoms with Crippen LogP contribution >= 0.6 is 27.5 Å². The second kappa shape index (κ2) is 5.37. The number of pyridine rings is 1. The number of rotatable bonds is 3. The molecule has 1 N–H and O–H groups in total. The van der Waals surface area contributed by atoms with Crippen LogP contribution in [0.25, 0.3) is 0 Å². The molecule has 0 aliphatic rings. The number of benzene rings is 1. The summed E-state index contributed by atoms with van der Waals surface area (Å²) in [4.78, 5) is 14.8. The zero-order valence-electron chi connectivity index (χ0n) is 8.93. The van der Waals surface area contributed by atoms with E-state index in [4.69, 9.17) is 21.4 Å². The van der Waals surface area contributed by atoms with Gasteiger partial charge in [-0.2, -0.15) is 0 Å². The monoisotopic (exact) mass is 327 g/mol. The van der Waals surface area contributed by atoms with Crippen molar-refractivity contribution in [3.8, 4) is 11.6 Å². The molecule has 2 aromatic rings. The zero-order chi connectivity index (χ0) is 13.1. The Bertz CT molecular complexity index is 586. The minimum Gasteiger partial charge on any atom is -0.478 e. The van der Waals surface area contributed by atoms with Crippen LogP contribution in [0.4, 0.5) is 0 Å². The summed E-state index contributed by atoms with van der Waals surface area (Å²) in [6, 6.07) is 8.38. The number of hydrogen-bond acceptors (Lipinski definition) is 3. The highest BCUT2D eigenvalue weighted by Gasteiger charge is 2.11. The summed E-state index contributed by atoms with van der Waals surface area (Å²) in [5.74, 6) is -0.383. The van der Waals surface area contributed by atoms with Crippen molar-refractivity contribution in [3.63, 3.8) is 0 Å². The predicted molar refractivity (Wildman–Crippen MR) is 70.4 cm³/mol. The summed E-state index contributed by atoms with van der Waals surface area (Å²) >= 11 is 9.01. The molecule has 0 amide bonds. The van der Waals surface area contributed by atoms with E-state index in [0.29, 0.717) is 5.75 Å². The molecule has 0 aliphatic carbocycles. The molecule has 0 saturated heterocycles. The van der Waals surface area contributed by atoms with Gasteiger partial charge in [0.1, 0.15) is 5.75 Å². The van der Waals surface area contributed by atoms with Crippen molar-refractivity contribution >= 4 is 33.5 Å². The highest BCUT2D eigenvalue weighted by atomic mass is 79.9. The van der Waals surface area contributed by atoms with Gasteiger partial charge in [-0.05, 0) is 24.3 Å². The number of carboxylic acid groups (broad SMARTS) is 1. The largest absolute Gasteiger partial charge is 0.478 e. The van der Waals surface area contributed by atoms with Crippen LogP contribution in [0.2, 0.25) is 5.02 Å². The van der Waals surface area contributed by atoms with Crippen LogP contribution in [0.3, 0.4) is 0 Å². The molecule has 0 radical (unpaired) electrons. The van der Waals surface area contributed by atoms with Crippen molar-refractivity contribution in [2.24, 2.45) is 0 Å². The quantitative estimate of drug-likeness (QED) is 0.925. The number of aromatic nitrogens is 1. The average Bonchev–Trinajstić information content (AvgIpc) is 2.34. The van der Waals surface area contributed by atoms with Gasteiger partial charge in [-0.15, -0.1) is 0 Å². The lowest BCUT2D eigenvalue weighted by Crippen LogP contribution is -1.99. The Balaban J connectivity index is 2.27. The summed E-state index contributed by atoms with van der Waals surface area (Å²) < 4.78 is 6.35. The summed E-state index contributed by atoms with van der Waals surface area (Å²) in [5, 5.41) is 8.99. The summed E-state index contributed by atoms with van der Waals surface area (Å²) in [7, 11) is 0. The lowest BCUT2D eigenvalue weighted by Gasteiger charge is -2.06. The van der Waals surface area contributed by atoms with Gasteiger partial charge in [0.15, 0.2) is 0 Å². The van der Waals surface area contributed by atoms with E-state index in [0.717, 1.165) is 4.47 Å². The van der Waals surface area contributed by atoms with E-state index < -0.39 is 5.97 Å². The molecule has 2 rings (SSSR count). The third kappa shape index (κ3) is 3.00. The van der Waals surface area contributed by atoms with E-state index in [-0.39, 0.29) is 16.5 Å². The molecule has 6 heteroatoms. The second-order valence-corrected chi connectivity index (χ2v) is 4.69. The molecule has 1 heterocycles. The van der Waals surface area contributed by atoms with E-state index in [1.165, 1.54) is 12.3 Å². The number of hydrogen-bond donors (Lipinski definition) is 1. The first-order valence-corrected chi connectivity index (χ1v) is 6.05. The molecule has 0 bridgehead atoms. The summed E-state index contributed by atoms with van der Waals surface area (Å²) in [6.07, 6.45) is 1.25. The summed E-state index contributed by atoms with van der Waals surface area (Å²) in [6.45, 7) is 0. The average molecular weight is 329 g/mol. The minimum atomic E-state index is -1.12.